The van der Waals surface area contributed by atoms with Crippen LogP contribution in [0.5, 0.6) is 0 Å². The van der Waals surface area contributed by atoms with Crippen molar-refractivity contribution in [1.29, 1.82) is 0 Å². The molecule has 0 saturated heterocycles. The molecule has 0 radical (unpaired) electrons. The normalized spacial score (nSPS) is 12.6. The Morgan fingerprint density at radius 1 is 1.32 bits per heavy atom. The zero-order valence-corrected chi connectivity index (χ0v) is 12.4. The second-order valence-electron chi connectivity index (χ2n) is 4.68. The summed E-state index contributed by atoms with van der Waals surface area (Å²) in [6, 6.07) is 10.7. The molecule has 1 heterocycles. The van der Waals surface area contributed by atoms with Gasteiger partial charge in [0.1, 0.15) is 0 Å². The summed E-state index contributed by atoms with van der Waals surface area (Å²) >= 11 is 6.30. The van der Waals surface area contributed by atoms with Crippen LogP contribution < -0.4 is 5.32 Å². The molecule has 2 aromatic rings. The van der Waals surface area contributed by atoms with Crippen LogP contribution in [0.15, 0.2) is 30.3 Å². The molecule has 0 aliphatic heterocycles. The van der Waals surface area contributed by atoms with Gasteiger partial charge < -0.3 is 5.32 Å². The highest BCUT2D eigenvalue weighted by Gasteiger charge is 2.13. The molecular weight excluding hydrogens is 258 g/mol. The monoisotopic (exact) mass is 277 g/mol. The standard InChI is InChI=1S/C15H20ClN3/c1-4-19-14(15(16)12(3)18-19)10-17-11(2)13-8-6-5-7-9-13/h5-9,11,17H,4,10H2,1-3H3/t11-/m0/s1. The molecule has 19 heavy (non-hydrogen) atoms. The molecule has 1 atom stereocenters. The molecule has 4 heteroatoms. The van der Waals surface area contributed by atoms with Crippen LogP contribution in [-0.2, 0) is 13.1 Å². The second-order valence-corrected chi connectivity index (χ2v) is 5.05. The maximum atomic E-state index is 6.30. The number of hydrogen-bond acceptors (Lipinski definition) is 2. The highest BCUT2D eigenvalue weighted by Crippen LogP contribution is 2.21. The fraction of sp³-hybridized carbons (Fsp3) is 0.400. The number of aromatic nitrogens is 2. The van der Waals surface area contributed by atoms with Crippen LogP contribution in [0.3, 0.4) is 0 Å². The molecule has 1 aromatic heterocycles. The Morgan fingerprint density at radius 2 is 2.00 bits per heavy atom. The number of benzene rings is 1. The van der Waals surface area contributed by atoms with Gasteiger partial charge in [0, 0.05) is 19.1 Å². The van der Waals surface area contributed by atoms with Gasteiger partial charge in [0.25, 0.3) is 0 Å². The van der Waals surface area contributed by atoms with Gasteiger partial charge in [0.15, 0.2) is 0 Å². The molecule has 0 aliphatic rings. The molecule has 0 saturated carbocycles. The number of rotatable bonds is 5. The van der Waals surface area contributed by atoms with Crippen molar-refractivity contribution in [2.75, 3.05) is 0 Å². The zero-order valence-electron chi connectivity index (χ0n) is 11.7. The van der Waals surface area contributed by atoms with Crippen LogP contribution in [0.4, 0.5) is 0 Å². The van der Waals surface area contributed by atoms with E-state index in [-0.39, 0.29) is 6.04 Å². The molecule has 0 bridgehead atoms. The molecule has 0 aliphatic carbocycles. The topological polar surface area (TPSA) is 29.9 Å². The van der Waals surface area contributed by atoms with Gasteiger partial charge in [-0.15, -0.1) is 0 Å². The van der Waals surface area contributed by atoms with Crippen molar-refractivity contribution >= 4 is 11.6 Å². The summed E-state index contributed by atoms with van der Waals surface area (Å²) in [7, 11) is 0. The third kappa shape index (κ3) is 3.17. The molecular formula is C15H20ClN3. The van der Waals surface area contributed by atoms with Crippen LogP contribution in [0.2, 0.25) is 5.02 Å². The lowest BCUT2D eigenvalue weighted by atomic mass is 10.1. The van der Waals surface area contributed by atoms with Crippen molar-refractivity contribution in [3.8, 4) is 0 Å². The lowest BCUT2D eigenvalue weighted by molar-refractivity contribution is 0.531. The molecule has 2 rings (SSSR count). The molecule has 102 valence electrons. The summed E-state index contributed by atoms with van der Waals surface area (Å²) in [5.74, 6) is 0. The average molecular weight is 278 g/mol. The predicted octanol–water partition coefficient (Wildman–Crippen LogP) is 3.72. The minimum absolute atomic E-state index is 0.290. The Kier molecular flexibility index (Phi) is 4.61. The summed E-state index contributed by atoms with van der Waals surface area (Å²) in [5.41, 5.74) is 3.23. The summed E-state index contributed by atoms with van der Waals surface area (Å²) in [4.78, 5) is 0. The molecule has 0 amide bonds. The fourth-order valence-corrected chi connectivity index (χ4v) is 2.35. The van der Waals surface area contributed by atoms with Gasteiger partial charge in [-0.25, -0.2) is 0 Å². The first-order valence-corrected chi connectivity index (χ1v) is 7.01. The van der Waals surface area contributed by atoms with Gasteiger partial charge in [0.2, 0.25) is 0 Å². The predicted molar refractivity (Wildman–Crippen MR) is 79.3 cm³/mol. The smallest absolute Gasteiger partial charge is 0.0860 e. The Bertz CT molecular complexity index is 534. The molecule has 0 spiro atoms. The maximum absolute atomic E-state index is 6.30. The van der Waals surface area contributed by atoms with Crippen molar-refractivity contribution < 1.29 is 0 Å². The molecule has 1 N–H and O–H groups in total. The minimum Gasteiger partial charge on any atom is -0.305 e. The van der Waals surface area contributed by atoms with Gasteiger partial charge >= 0.3 is 0 Å². The van der Waals surface area contributed by atoms with E-state index in [1.54, 1.807) is 0 Å². The third-order valence-corrected chi connectivity index (χ3v) is 3.82. The van der Waals surface area contributed by atoms with E-state index in [2.05, 4.69) is 48.5 Å². The van der Waals surface area contributed by atoms with Gasteiger partial charge in [-0.05, 0) is 26.3 Å². The first-order valence-electron chi connectivity index (χ1n) is 6.63. The van der Waals surface area contributed by atoms with E-state index in [1.165, 1.54) is 5.56 Å². The molecule has 1 aromatic carbocycles. The number of hydrogen-bond donors (Lipinski definition) is 1. The summed E-state index contributed by atoms with van der Waals surface area (Å²) in [6.45, 7) is 7.74. The lowest BCUT2D eigenvalue weighted by Gasteiger charge is -2.15. The fourth-order valence-electron chi connectivity index (χ4n) is 2.15. The number of halogens is 1. The van der Waals surface area contributed by atoms with Gasteiger partial charge in [-0.3, -0.25) is 4.68 Å². The molecule has 0 unspecified atom stereocenters. The first-order chi connectivity index (χ1) is 9.13. The second kappa shape index (κ2) is 6.22. The number of nitrogens with one attached hydrogen (secondary N) is 1. The van der Waals surface area contributed by atoms with Crippen LogP contribution in [0.25, 0.3) is 0 Å². The van der Waals surface area contributed by atoms with Gasteiger partial charge in [-0.1, -0.05) is 41.9 Å². The van der Waals surface area contributed by atoms with Gasteiger partial charge in [0.05, 0.1) is 16.4 Å². The largest absolute Gasteiger partial charge is 0.305 e. The minimum atomic E-state index is 0.290. The first kappa shape index (κ1) is 14.1. The number of aryl methyl sites for hydroxylation is 2. The maximum Gasteiger partial charge on any atom is 0.0860 e. The SMILES string of the molecule is CCn1nc(C)c(Cl)c1CN[C@@H](C)c1ccccc1. The van der Waals surface area contributed by atoms with Crippen molar-refractivity contribution in [2.45, 2.75) is 39.9 Å². The Labute approximate surface area is 119 Å². The van der Waals surface area contributed by atoms with Crippen molar-refractivity contribution in [1.82, 2.24) is 15.1 Å². The zero-order chi connectivity index (χ0) is 13.8. The van der Waals surface area contributed by atoms with Crippen molar-refractivity contribution in [2.24, 2.45) is 0 Å². The third-order valence-electron chi connectivity index (χ3n) is 3.33. The van der Waals surface area contributed by atoms with E-state index < -0.39 is 0 Å². The molecule has 3 nitrogen and oxygen atoms in total. The summed E-state index contributed by atoms with van der Waals surface area (Å²) in [5, 5.41) is 8.70. The van der Waals surface area contributed by atoms with Crippen molar-refractivity contribution in [3.63, 3.8) is 0 Å². The average Bonchev–Trinajstić information content (AvgIpc) is 2.72. The van der Waals surface area contributed by atoms with Crippen molar-refractivity contribution in [3.05, 3.63) is 52.3 Å². The van der Waals surface area contributed by atoms with Crippen LogP contribution in [0, 0.1) is 6.92 Å². The molecule has 0 fully saturated rings. The van der Waals surface area contributed by atoms with E-state index in [0.717, 1.165) is 29.5 Å². The van der Waals surface area contributed by atoms with Crippen LogP contribution in [-0.4, -0.2) is 9.78 Å². The van der Waals surface area contributed by atoms with Crippen LogP contribution >= 0.6 is 11.6 Å². The van der Waals surface area contributed by atoms with Gasteiger partial charge in [-0.2, -0.15) is 5.10 Å². The van der Waals surface area contributed by atoms with E-state index in [9.17, 15) is 0 Å². The summed E-state index contributed by atoms with van der Waals surface area (Å²) in [6.07, 6.45) is 0. The highest BCUT2D eigenvalue weighted by molar-refractivity contribution is 6.31. The Morgan fingerprint density at radius 3 is 2.63 bits per heavy atom. The number of nitrogens with zero attached hydrogens (tertiary/aromatic N) is 2. The van der Waals surface area contributed by atoms with E-state index in [1.807, 2.05) is 17.7 Å². The van der Waals surface area contributed by atoms with E-state index >= 15 is 0 Å². The Hall–Kier alpha value is -1.32. The van der Waals surface area contributed by atoms with E-state index in [0.29, 0.717) is 0 Å². The summed E-state index contributed by atoms with van der Waals surface area (Å²) < 4.78 is 1.96. The lowest BCUT2D eigenvalue weighted by Crippen LogP contribution is -2.20. The highest BCUT2D eigenvalue weighted by atomic mass is 35.5. The Balaban J connectivity index is 2.07. The quantitative estimate of drug-likeness (QED) is 0.903. The van der Waals surface area contributed by atoms with Crippen LogP contribution in [0.1, 0.15) is 36.8 Å². The van der Waals surface area contributed by atoms with E-state index in [4.69, 9.17) is 11.6 Å².